The maximum Gasteiger partial charge on any atom is 0.412 e. The smallest absolute Gasteiger partial charge is 0.412 e. The molecule has 0 aromatic heterocycles. The van der Waals surface area contributed by atoms with Crippen molar-refractivity contribution in [2.24, 2.45) is 0 Å². The van der Waals surface area contributed by atoms with Crippen LogP contribution in [0.1, 0.15) is 12.0 Å². The average Bonchev–Trinajstić information content (AvgIpc) is 3.05. The summed E-state index contributed by atoms with van der Waals surface area (Å²) in [4.78, 5) is 23.5. The Kier molecular flexibility index (Phi) is 5.54. The molecule has 1 aromatic rings. The van der Waals surface area contributed by atoms with E-state index in [9.17, 15) is 9.59 Å². The Morgan fingerprint density at radius 1 is 1.27 bits per heavy atom. The van der Waals surface area contributed by atoms with Crippen LogP contribution in [0.15, 0.2) is 65.9 Å². The second-order valence-electron chi connectivity index (χ2n) is 4.61. The molecular weight excluding hydrogens is 282 g/mol. The molecule has 22 heavy (non-hydrogen) atoms. The lowest BCUT2D eigenvalue weighted by Gasteiger charge is -2.09. The minimum absolute atomic E-state index is 0.0514. The molecule has 0 saturated carbocycles. The van der Waals surface area contributed by atoms with Gasteiger partial charge in [0.25, 0.3) is 0 Å². The van der Waals surface area contributed by atoms with E-state index in [1.54, 1.807) is 6.08 Å². The SMILES string of the molecule is COC(=O)/C(=C/C1=CC=CC1)NC(=O)OCc1ccccc1. The summed E-state index contributed by atoms with van der Waals surface area (Å²) in [6.07, 6.45) is 7.28. The number of benzene rings is 1. The van der Waals surface area contributed by atoms with Crippen LogP contribution < -0.4 is 5.32 Å². The molecule has 5 heteroatoms. The number of carbonyl (C=O) groups excluding carboxylic acids is 2. The highest BCUT2D eigenvalue weighted by Crippen LogP contribution is 2.13. The zero-order valence-corrected chi connectivity index (χ0v) is 12.2. The van der Waals surface area contributed by atoms with E-state index in [1.807, 2.05) is 48.6 Å². The third kappa shape index (κ3) is 4.63. The first-order chi connectivity index (χ1) is 10.7. The first-order valence-corrected chi connectivity index (χ1v) is 6.82. The largest absolute Gasteiger partial charge is 0.464 e. The van der Waals surface area contributed by atoms with E-state index in [0.717, 1.165) is 11.1 Å². The van der Waals surface area contributed by atoms with Gasteiger partial charge in [0.15, 0.2) is 0 Å². The third-order valence-electron chi connectivity index (χ3n) is 2.98. The van der Waals surface area contributed by atoms with Crippen molar-refractivity contribution >= 4 is 12.1 Å². The Bertz CT molecular complexity index is 629. The summed E-state index contributed by atoms with van der Waals surface area (Å²) in [5.74, 6) is -0.621. The van der Waals surface area contributed by atoms with Gasteiger partial charge in [-0.3, -0.25) is 5.32 Å². The van der Waals surface area contributed by atoms with E-state index in [4.69, 9.17) is 4.74 Å². The second kappa shape index (κ2) is 7.83. The quantitative estimate of drug-likeness (QED) is 0.670. The number of hydrogen-bond donors (Lipinski definition) is 1. The van der Waals surface area contributed by atoms with Crippen LogP contribution >= 0.6 is 0 Å². The molecule has 5 nitrogen and oxygen atoms in total. The number of nitrogens with one attached hydrogen (secondary N) is 1. The Hall–Kier alpha value is -2.82. The van der Waals surface area contributed by atoms with Crippen molar-refractivity contribution in [3.63, 3.8) is 0 Å². The molecule has 0 aliphatic heterocycles. The van der Waals surface area contributed by atoms with Gasteiger partial charge in [-0.15, -0.1) is 0 Å². The van der Waals surface area contributed by atoms with Crippen LogP contribution in [0.2, 0.25) is 0 Å². The van der Waals surface area contributed by atoms with Crippen LogP contribution in [-0.2, 0) is 20.9 Å². The number of carbonyl (C=O) groups is 2. The molecule has 1 N–H and O–H groups in total. The molecule has 0 bridgehead atoms. The van der Waals surface area contributed by atoms with Crippen molar-refractivity contribution < 1.29 is 19.1 Å². The molecular formula is C17H17NO4. The van der Waals surface area contributed by atoms with Gasteiger partial charge in [0.05, 0.1) is 7.11 Å². The lowest BCUT2D eigenvalue weighted by Crippen LogP contribution is -2.28. The van der Waals surface area contributed by atoms with Gasteiger partial charge in [0, 0.05) is 0 Å². The Morgan fingerprint density at radius 3 is 2.68 bits per heavy atom. The van der Waals surface area contributed by atoms with Gasteiger partial charge >= 0.3 is 12.1 Å². The molecule has 1 amide bonds. The van der Waals surface area contributed by atoms with Gasteiger partial charge in [-0.2, -0.15) is 0 Å². The minimum Gasteiger partial charge on any atom is -0.464 e. The van der Waals surface area contributed by atoms with Gasteiger partial charge < -0.3 is 9.47 Å². The van der Waals surface area contributed by atoms with Gasteiger partial charge in [0.1, 0.15) is 12.3 Å². The van der Waals surface area contributed by atoms with Crippen molar-refractivity contribution in [2.75, 3.05) is 7.11 Å². The predicted octanol–water partition coefficient (Wildman–Crippen LogP) is 2.86. The van der Waals surface area contributed by atoms with Gasteiger partial charge in [-0.05, 0) is 23.6 Å². The van der Waals surface area contributed by atoms with Crippen LogP contribution in [0.3, 0.4) is 0 Å². The van der Waals surface area contributed by atoms with Gasteiger partial charge in [-0.25, -0.2) is 9.59 Å². The van der Waals surface area contributed by atoms with Crippen LogP contribution in [0.25, 0.3) is 0 Å². The Morgan fingerprint density at radius 2 is 2.05 bits per heavy atom. The Labute approximate surface area is 128 Å². The highest BCUT2D eigenvalue weighted by Gasteiger charge is 2.15. The fourth-order valence-corrected chi connectivity index (χ4v) is 1.88. The summed E-state index contributed by atoms with van der Waals surface area (Å²) in [5.41, 5.74) is 1.82. The lowest BCUT2D eigenvalue weighted by atomic mass is 10.2. The third-order valence-corrected chi connectivity index (χ3v) is 2.98. The summed E-state index contributed by atoms with van der Waals surface area (Å²) in [7, 11) is 1.26. The van der Waals surface area contributed by atoms with Crippen molar-refractivity contribution in [1.29, 1.82) is 0 Å². The van der Waals surface area contributed by atoms with Crippen LogP contribution in [0.4, 0.5) is 4.79 Å². The lowest BCUT2D eigenvalue weighted by molar-refractivity contribution is -0.136. The molecule has 0 heterocycles. The maximum absolute atomic E-state index is 11.8. The topological polar surface area (TPSA) is 64.6 Å². The van der Waals surface area contributed by atoms with Gasteiger partial charge in [0.2, 0.25) is 0 Å². The molecule has 0 unspecified atom stereocenters. The van der Waals surface area contributed by atoms with Gasteiger partial charge in [-0.1, -0.05) is 48.6 Å². The molecule has 0 atom stereocenters. The van der Waals surface area contributed by atoms with Crippen LogP contribution in [0.5, 0.6) is 0 Å². The molecule has 1 aromatic carbocycles. The zero-order chi connectivity index (χ0) is 15.8. The average molecular weight is 299 g/mol. The molecule has 0 fully saturated rings. The van der Waals surface area contributed by atoms with E-state index in [-0.39, 0.29) is 12.3 Å². The summed E-state index contributed by atoms with van der Waals surface area (Å²) in [6.45, 7) is 0.130. The molecule has 1 aliphatic rings. The number of allylic oxidation sites excluding steroid dienone is 5. The van der Waals surface area contributed by atoms with E-state index < -0.39 is 12.1 Å². The first-order valence-electron chi connectivity index (χ1n) is 6.82. The molecule has 114 valence electrons. The second-order valence-corrected chi connectivity index (χ2v) is 4.61. The highest BCUT2D eigenvalue weighted by atomic mass is 16.6. The normalized spacial score (nSPS) is 13.5. The Balaban J connectivity index is 1.95. The molecule has 0 spiro atoms. The first kappa shape index (κ1) is 15.6. The number of methoxy groups -OCH3 is 1. The van der Waals surface area contributed by atoms with E-state index in [2.05, 4.69) is 10.1 Å². The number of rotatable bonds is 5. The van der Waals surface area contributed by atoms with Crippen molar-refractivity contribution in [1.82, 2.24) is 5.32 Å². The number of alkyl carbamates (subject to hydrolysis) is 1. The molecule has 2 rings (SSSR count). The number of esters is 1. The summed E-state index contributed by atoms with van der Waals surface area (Å²) < 4.78 is 9.75. The molecule has 0 saturated heterocycles. The van der Waals surface area contributed by atoms with Crippen molar-refractivity contribution in [2.45, 2.75) is 13.0 Å². The monoisotopic (exact) mass is 299 g/mol. The maximum atomic E-state index is 11.8. The molecule has 0 radical (unpaired) electrons. The summed E-state index contributed by atoms with van der Waals surface area (Å²) in [6, 6.07) is 9.29. The van der Waals surface area contributed by atoms with E-state index in [1.165, 1.54) is 7.11 Å². The van der Waals surface area contributed by atoms with Crippen molar-refractivity contribution in [3.8, 4) is 0 Å². The zero-order valence-electron chi connectivity index (χ0n) is 12.2. The number of ether oxygens (including phenoxy) is 2. The number of hydrogen-bond acceptors (Lipinski definition) is 4. The van der Waals surface area contributed by atoms with E-state index in [0.29, 0.717) is 6.42 Å². The van der Waals surface area contributed by atoms with E-state index >= 15 is 0 Å². The fraction of sp³-hybridized carbons (Fsp3) is 0.176. The standard InChI is InChI=1S/C17H17NO4/c1-21-16(19)15(11-13-7-5-6-8-13)18-17(20)22-12-14-9-3-2-4-10-14/h2-7,9-11H,8,12H2,1H3,(H,18,20)/b15-11-. The van der Waals surface area contributed by atoms with Crippen LogP contribution in [-0.4, -0.2) is 19.2 Å². The van der Waals surface area contributed by atoms with Crippen LogP contribution in [0, 0.1) is 0 Å². The summed E-state index contributed by atoms with van der Waals surface area (Å²) in [5, 5.41) is 2.42. The summed E-state index contributed by atoms with van der Waals surface area (Å²) >= 11 is 0. The predicted molar refractivity (Wildman–Crippen MR) is 81.7 cm³/mol. The van der Waals surface area contributed by atoms with Crippen molar-refractivity contribution in [3.05, 3.63) is 71.5 Å². The molecule has 1 aliphatic carbocycles. The number of amides is 1. The minimum atomic E-state index is -0.702. The fourth-order valence-electron chi connectivity index (χ4n) is 1.88. The highest BCUT2D eigenvalue weighted by molar-refractivity contribution is 5.92.